The molecular formula is C21H24N6O. The zero-order valence-electron chi connectivity index (χ0n) is 16.1. The van der Waals surface area contributed by atoms with Crippen molar-refractivity contribution in [2.24, 2.45) is 0 Å². The van der Waals surface area contributed by atoms with Gasteiger partial charge in [-0.25, -0.2) is 9.97 Å². The quantitative estimate of drug-likeness (QED) is 0.712. The summed E-state index contributed by atoms with van der Waals surface area (Å²) >= 11 is 0. The third kappa shape index (κ3) is 4.03. The first-order valence-corrected chi connectivity index (χ1v) is 9.55. The van der Waals surface area contributed by atoms with E-state index in [1.807, 2.05) is 38.1 Å². The van der Waals surface area contributed by atoms with Crippen molar-refractivity contribution in [1.82, 2.24) is 19.5 Å². The van der Waals surface area contributed by atoms with E-state index in [1.54, 1.807) is 29.4 Å². The molecule has 0 saturated heterocycles. The molecule has 1 fully saturated rings. The van der Waals surface area contributed by atoms with Crippen molar-refractivity contribution in [3.8, 4) is 5.69 Å². The van der Waals surface area contributed by atoms with E-state index < -0.39 is 0 Å². The number of nitrogens with zero attached hydrogens (tertiary/aromatic N) is 4. The molecule has 1 aliphatic rings. The number of rotatable bonds is 5. The summed E-state index contributed by atoms with van der Waals surface area (Å²) < 4.78 is 1.62. The Morgan fingerprint density at radius 2 is 1.68 bits per heavy atom. The predicted molar refractivity (Wildman–Crippen MR) is 110 cm³/mol. The van der Waals surface area contributed by atoms with Gasteiger partial charge < -0.3 is 10.6 Å². The fraction of sp³-hybridized carbons (Fsp3) is 0.333. The van der Waals surface area contributed by atoms with Gasteiger partial charge in [-0.2, -0.15) is 0 Å². The summed E-state index contributed by atoms with van der Waals surface area (Å²) in [4.78, 5) is 25.4. The molecule has 4 rings (SSSR count). The van der Waals surface area contributed by atoms with E-state index in [0.29, 0.717) is 17.6 Å². The molecule has 0 aromatic carbocycles. The van der Waals surface area contributed by atoms with Crippen molar-refractivity contribution < 1.29 is 0 Å². The summed E-state index contributed by atoms with van der Waals surface area (Å²) in [7, 11) is 0. The Morgan fingerprint density at radius 1 is 0.929 bits per heavy atom. The molecule has 0 unspecified atom stereocenters. The third-order valence-corrected chi connectivity index (χ3v) is 5.08. The lowest BCUT2D eigenvalue weighted by Gasteiger charge is -2.16. The maximum Gasteiger partial charge on any atom is 0.258 e. The van der Waals surface area contributed by atoms with E-state index in [4.69, 9.17) is 0 Å². The van der Waals surface area contributed by atoms with Crippen LogP contribution in [0, 0.1) is 13.8 Å². The highest BCUT2D eigenvalue weighted by atomic mass is 16.1. The molecule has 2 N–H and O–H groups in total. The molecule has 0 radical (unpaired) electrons. The molecule has 144 valence electrons. The molecule has 0 bridgehead atoms. The van der Waals surface area contributed by atoms with Gasteiger partial charge in [0.15, 0.2) is 0 Å². The van der Waals surface area contributed by atoms with Crippen molar-refractivity contribution >= 4 is 11.6 Å². The molecule has 2 atom stereocenters. The maximum atomic E-state index is 12.2. The summed E-state index contributed by atoms with van der Waals surface area (Å²) in [6.07, 6.45) is 10.2. The summed E-state index contributed by atoms with van der Waals surface area (Å²) in [6.45, 7) is 3.74. The number of hydrogen-bond donors (Lipinski definition) is 2. The van der Waals surface area contributed by atoms with Crippen LogP contribution in [0.4, 0.5) is 11.6 Å². The highest BCUT2D eigenvalue weighted by Crippen LogP contribution is 2.25. The molecule has 3 heterocycles. The van der Waals surface area contributed by atoms with Crippen molar-refractivity contribution in [2.45, 2.75) is 45.2 Å². The fourth-order valence-electron chi connectivity index (χ4n) is 3.55. The third-order valence-electron chi connectivity index (χ3n) is 5.08. The van der Waals surface area contributed by atoms with E-state index in [9.17, 15) is 4.79 Å². The Bertz CT molecular complexity index is 997. The number of aryl methyl sites for hydroxylation is 2. The minimum Gasteiger partial charge on any atom is -0.367 e. The molecule has 3 aromatic heterocycles. The number of hydrogen-bond acceptors (Lipinski definition) is 6. The topological polar surface area (TPSA) is 84.7 Å². The first-order valence-electron chi connectivity index (χ1n) is 9.55. The van der Waals surface area contributed by atoms with Gasteiger partial charge in [-0.3, -0.25) is 14.3 Å². The Hall–Kier alpha value is -3.22. The lowest BCUT2D eigenvalue weighted by Crippen LogP contribution is -2.22. The summed E-state index contributed by atoms with van der Waals surface area (Å²) in [5.41, 5.74) is 2.38. The summed E-state index contributed by atoms with van der Waals surface area (Å²) in [5.74, 6) is 1.65. The van der Waals surface area contributed by atoms with Gasteiger partial charge in [-0.15, -0.1) is 0 Å². The second kappa shape index (κ2) is 7.80. The van der Waals surface area contributed by atoms with Crippen LogP contribution in [0.1, 0.15) is 30.5 Å². The van der Waals surface area contributed by atoms with Gasteiger partial charge in [0.05, 0.1) is 30.0 Å². The molecule has 1 aliphatic carbocycles. The highest BCUT2D eigenvalue weighted by Gasteiger charge is 2.25. The Labute approximate surface area is 163 Å². The number of nitrogens with one attached hydrogen (secondary N) is 2. The van der Waals surface area contributed by atoms with Gasteiger partial charge in [0.1, 0.15) is 11.6 Å². The Balaban J connectivity index is 1.37. The van der Waals surface area contributed by atoms with E-state index in [1.165, 1.54) is 0 Å². The van der Waals surface area contributed by atoms with Gasteiger partial charge in [0.2, 0.25) is 0 Å². The van der Waals surface area contributed by atoms with Crippen molar-refractivity contribution in [3.05, 3.63) is 70.7 Å². The van der Waals surface area contributed by atoms with E-state index in [-0.39, 0.29) is 5.56 Å². The van der Waals surface area contributed by atoms with E-state index >= 15 is 0 Å². The zero-order chi connectivity index (χ0) is 19.5. The van der Waals surface area contributed by atoms with Crippen molar-refractivity contribution in [1.29, 1.82) is 0 Å². The van der Waals surface area contributed by atoms with Gasteiger partial charge in [0, 0.05) is 23.8 Å². The SMILES string of the molecule is Cc1cnc(N[C@H]2CC[C@H](Nc3ccc(-n4cccc(C)c4=O)cn3)C2)cn1. The van der Waals surface area contributed by atoms with Crippen molar-refractivity contribution in [2.75, 3.05) is 10.6 Å². The Kier molecular flexibility index (Phi) is 5.06. The van der Waals surface area contributed by atoms with Crippen LogP contribution in [0.2, 0.25) is 0 Å². The van der Waals surface area contributed by atoms with Crippen molar-refractivity contribution in [3.63, 3.8) is 0 Å². The van der Waals surface area contributed by atoms with Gasteiger partial charge in [-0.1, -0.05) is 6.07 Å². The fourth-order valence-corrected chi connectivity index (χ4v) is 3.55. The van der Waals surface area contributed by atoms with Gasteiger partial charge in [-0.05, 0) is 51.3 Å². The molecule has 0 spiro atoms. The lowest BCUT2D eigenvalue weighted by molar-refractivity contribution is 0.719. The zero-order valence-corrected chi connectivity index (χ0v) is 16.1. The van der Waals surface area contributed by atoms with Crippen LogP contribution in [-0.4, -0.2) is 31.6 Å². The number of pyridine rings is 2. The van der Waals surface area contributed by atoms with E-state index in [0.717, 1.165) is 42.3 Å². The minimum atomic E-state index is -0.0195. The highest BCUT2D eigenvalue weighted by molar-refractivity contribution is 5.42. The summed E-state index contributed by atoms with van der Waals surface area (Å²) in [5, 5.41) is 6.95. The number of anilines is 2. The standard InChI is InChI=1S/C21H24N6O/c1-14-4-3-9-27(21(14)28)18-7-8-19(24-12-18)25-16-5-6-17(10-16)26-20-13-22-15(2)11-23-20/h3-4,7-9,11-13,16-17H,5-6,10H2,1-2H3,(H,23,26)(H,24,25)/t16-,17-/m0/s1. The minimum absolute atomic E-state index is 0.0195. The number of aromatic nitrogens is 4. The van der Waals surface area contributed by atoms with Gasteiger partial charge in [0.25, 0.3) is 5.56 Å². The first kappa shape index (κ1) is 18.2. The lowest BCUT2D eigenvalue weighted by atomic mass is 10.2. The second-order valence-electron chi connectivity index (χ2n) is 7.31. The van der Waals surface area contributed by atoms with Crippen LogP contribution in [0.5, 0.6) is 0 Å². The monoisotopic (exact) mass is 376 g/mol. The normalized spacial score (nSPS) is 18.8. The molecule has 0 amide bonds. The van der Waals surface area contributed by atoms with Crippen LogP contribution >= 0.6 is 0 Å². The first-order chi connectivity index (χ1) is 13.6. The van der Waals surface area contributed by atoms with Crippen LogP contribution in [-0.2, 0) is 0 Å². The largest absolute Gasteiger partial charge is 0.367 e. The molecule has 7 heteroatoms. The average molecular weight is 376 g/mol. The summed E-state index contributed by atoms with van der Waals surface area (Å²) in [6, 6.07) is 8.26. The van der Waals surface area contributed by atoms with E-state index in [2.05, 4.69) is 25.6 Å². The molecule has 1 saturated carbocycles. The molecule has 28 heavy (non-hydrogen) atoms. The van der Waals surface area contributed by atoms with Crippen LogP contribution in [0.3, 0.4) is 0 Å². The molecular weight excluding hydrogens is 352 g/mol. The van der Waals surface area contributed by atoms with Gasteiger partial charge >= 0.3 is 0 Å². The molecule has 7 nitrogen and oxygen atoms in total. The average Bonchev–Trinajstić information content (AvgIpc) is 3.13. The van der Waals surface area contributed by atoms with Crippen LogP contribution in [0.25, 0.3) is 5.69 Å². The molecule has 3 aromatic rings. The van der Waals surface area contributed by atoms with Crippen LogP contribution < -0.4 is 16.2 Å². The smallest absolute Gasteiger partial charge is 0.258 e. The maximum absolute atomic E-state index is 12.2. The van der Waals surface area contributed by atoms with Crippen LogP contribution in [0.15, 0.2) is 53.8 Å². The molecule has 0 aliphatic heterocycles. The predicted octanol–water partition coefficient (Wildman–Crippen LogP) is 3.08. The Morgan fingerprint density at radius 3 is 2.36 bits per heavy atom. The second-order valence-corrected chi connectivity index (χ2v) is 7.31.